The highest BCUT2D eigenvalue weighted by atomic mass is 14.6. The van der Waals surface area contributed by atoms with Crippen molar-refractivity contribution in [3.63, 3.8) is 0 Å². The zero-order valence-corrected chi connectivity index (χ0v) is 7.49. The highest BCUT2D eigenvalue weighted by molar-refractivity contribution is 5.78. The minimum atomic E-state index is 1.25. The third kappa shape index (κ3) is 2.35. The van der Waals surface area contributed by atoms with Crippen LogP contribution in [0.25, 0.3) is 6.08 Å². The van der Waals surface area contributed by atoms with Gasteiger partial charge in [-0.05, 0) is 24.1 Å². The zero-order chi connectivity index (χ0) is 8.81. The smallest absolute Gasteiger partial charge is 0.0277 e. The molecule has 1 nitrogen and oxygen atoms in total. The standard InChI is InChI=1S/C11H13N/c1-10-6-3-4-7-11(10)8-5-9-12-2/h3-9H,1-2H3/b8-5-,12-9?. The molecule has 0 saturated heterocycles. The number of hydrogen-bond donors (Lipinski definition) is 0. The minimum Gasteiger partial charge on any atom is -0.297 e. The van der Waals surface area contributed by atoms with Crippen LogP contribution in [0.5, 0.6) is 0 Å². The van der Waals surface area contributed by atoms with E-state index in [0.717, 1.165) is 0 Å². The summed E-state index contributed by atoms with van der Waals surface area (Å²) < 4.78 is 0. The van der Waals surface area contributed by atoms with E-state index in [1.54, 1.807) is 13.3 Å². The van der Waals surface area contributed by atoms with Gasteiger partial charge in [0.15, 0.2) is 0 Å². The van der Waals surface area contributed by atoms with Gasteiger partial charge in [-0.15, -0.1) is 0 Å². The molecule has 1 heteroatoms. The molecule has 0 radical (unpaired) electrons. The van der Waals surface area contributed by atoms with Crippen LogP contribution in [0.1, 0.15) is 11.1 Å². The second-order valence-corrected chi connectivity index (χ2v) is 2.62. The van der Waals surface area contributed by atoms with Gasteiger partial charge in [0.1, 0.15) is 0 Å². The third-order valence-electron chi connectivity index (χ3n) is 1.70. The van der Waals surface area contributed by atoms with Gasteiger partial charge in [0, 0.05) is 13.3 Å². The van der Waals surface area contributed by atoms with E-state index in [-0.39, 0.29) is 0 Å². The van der Waals surface area contributed by atoms with Crippen LogP contribution in [0.3, 0.4) is 0 Å². The number of aliphatic imine (C=N–C) groups is 1. The molecule has 1 aromatic carbocycles. The number of hydrogen-bond acceptors (Lipinski definition) is 1. The van der Waals surface area contributed by atoms with Crippen molar-refractivity contribution in [2.24, 2.45) is 4.99 Å². The molecule has 1 aromatic rings. The average molecular weight is 159 g/mol. The molecule has 62 valence electrons. The van der Waals surface area contributed by atoms with Gasteiger partial charge in [0.05, 0.1) is 0 Å². The van der Waals surface area contributed by atoms with Crippen molar-refractivity contribution in [2.45, 2.75) is 6.92 Å². The molecule has 0 aliphatic carbocycles. The monoisotopic (exact) mass is 159 g/mol. The van der Waals surface area contributed by atoms with E-state index in [2.05, 4.69) is 30.1 Å². The highest BCUT2D eigenvalue weighted by Crippen LogP contribution is 2.07. The highest BCUT2D eigenvalue weighted by Gasteiger charge is 1.88. The van der Waals surface area contributed by atoms with Crippen LogP contribution in [-0.2, 0) is 0 Å². The van der Waals surface area contributed by atoms with Crippen LogP contribution in [0.2, 0.25) is 0 Å². The van der Waals surface area contributed by atoms with Crippen LogP contribution in [0.4, 0.5) is 0 Å². The molecule has 0 N–H and O–H groups in total. The lowest BCUT2D eigenvalue weighted by atomic mass is 10.1. The minimum absolute atomic E-state index is 1.25. The van der Waals surface area contributed by atoms with Gasteiger partial charge in [-0.1, -0.05) is 30.3 Å². The first-order valence-corrected chi connectivity index (χ1v) is 3.99. The molecule has 0 bridgehead atoms. The van der Waals surface area contributed by atoms with Crippen molar-refractivity contribution in [3.05, 3.63) is 41.5 Å². The van der Waals surface area contributed by atoms with Crippen molar-refractivity contribution < 1.29 is 0 Å². The fourth-order valence-electron chi connectivity index (χ4n) is 1.01. The summed E-state index contributed by atoms with van der Waals surface area (Å²) in [5.74, 6) is 0. The van der Waals surface area contributed by atoms with E-state index in [1.165, 1.54) is 11.1 Å². The number of benzene rings is 1. The second kappa shape index (κ2) is 4.50. The molecule has 0 aromatic heterocycles. The molecule has 12 heavy (non-hydrogen) atoms. The summed E-state index contributed by atoms with van der Waals surface area (Å²) in [5, 5.41) is 0. The maximum atomic E-state index is 3.87. The van der Waals surface area contributed by atoms with Crippen LogP contribution < -0.4 is 0 Å². The Kier molecular flexibility index (Phi) is 3.27. The summed E-state index contributed by atoms with van der Waals surface area (Å²) in [5.41, 5.74) is 2.54. The fourth-order valence-corrected chi connectivity index (χ4v) is 1.01. The summed E-state index contributed by atoms with van der Waals surface area (Å²) in [6.07, 6.45) is 5.79. The average Bonchev–Trinajstić information content (AvgIpc) is 2.09. The first-order valence-electron chi connectivity index (χ1n) is 3.99. The molecule has 0 fully saturated rings. The molecule has 0 aliphatic heterocycles. The van der Waals surface area contributed by atoms with Crippen LogP contribution in [0.15, 0.2) is 35.3 Å². The second-order valence-electron chi connectivity index (χ2n) is 2.62. The van der Waals surface area contributed by atoms with E-state index in [9.17, 15) is 0 Å². The maximum Gasteiger partial charge on any atom is 0.0277 e. The van der Waals surface area contributed by atoms with E-state index in [1.807, 2.05) is 18.2 Å². The molecular weight excluding hydrogens is 146 g/mol. The van der Waals surface area contributed by atoms with Crippen molar-refractivity contribution >= 4 is 12.3 Å². The molecular formula is C11H13N. The van der Waals surface area contributed by atoms with Gasteiger partial charge in [0.2, 0.25) is 0 Å². The van der Waals surface area contributed by atoms with Crippen molar-refractivity contribution in [2.75, 3.05) is 7.05 Å². The topological polar surface area (TPSA) is 12.4 Å². The molecule has 0 saturated carbocycles. The Labute approximate surface area is 73.5 Å². The zero-order valence-electron chi connectivity index (χ0n) is 7.49. The van der Waals surface area contributed by atoms with E-state index in [0.29, 0.717) is 0 Å². The molecule has 1 rings (SSSR count). The number of nitrogens with zero attached hydrogens (tertiary/aromatic N) is 1. The summed E-state index contributed by atoms with van der Waals surface area (Å²) in [7, 11) is 1.77. The normalized spacial score (nSPS) is 11.5. The summed E-state index contributed by atoms with van der Waals surface area (Å²) in [4.78, 5) is 3.87. The van der Waals surface area contributed by atoms with Crippen molar-refractivity contribution in [1.29, 1.82) is 0 Å². The number of rotatable bonds is 2. The van der Waals surface area contributed by atoms with Gasteiger partial charge in [0.25, 0.3) is 0 Å². The number of allylic oxidation sites excluding steroid dienone is 1. The van der Waals surface area contributed by atoms with Gasteiger partial charge < -0.3 is 0 Å². The number of aryl methyl sites for hydroxylation is 1. The first kappa shape index (κ1) is 8.72. The fraction of sp³-hybridized carbons (Fsp3) is 0.182. The molecule has 0 spiro atoms. The van der Waals surface area contributed by atoms with Gasteiger partial charge in [-0.25, -0.2) is 0 Å². The summed E-state index contributed by atoms with van der Waals surface area (Å²) >= 11 is 0. The van der Waals surface area contributed by atoms with Gasteiger partial charge >= 0.3 is 0 Å². The molecule has 0 unspecified atom stereocenters. The SMILES string of the molecule is CN=C/C=C\c1ccccc1C. The van der Waals surface area contributed by atoms with Crippen molar-refractivity contribution in [1.82, 2.24) is 0 Å². The lowest BCUT2D eigenvalue weighted by Crippen LogP contribution is -1.77. The van der Waals surface area contributed by atoms with E-state index < -0.39 is 0 Å². The molecule has 0 atom stereocenters. The Morgan fingerprint density at radius 2 is 2.00 bits per heavy atom. The van der Waals surface area contributed by atoms with Crippen LogP contribution in [0, 0.1) is 6.92 Å². The Morgan fingerprint density at radius 3 is 2.67 bits per heavy atom. The first-order chi connectivity index (χ1) is 5.84. The Bertz CT molecular complexity index is 298. The van der Waals surface area contributed by atoms with Crippen LogP contribution >= 0.6 is 0 Å². The Hall–Kier alpha value is -1.37. The maximum absolute atomic E-state index is 3.87. The molecule has 0 heterocycles. The summed E-state index contributed by atoms with van der Waals surface area (Å²) in [6, 6.07) is 8.27. The quantitative estimate of drug-likeness (QED) is 0.588. The van der Waals surface area contributed by atoms with Crippen LogP contribution in [-0.4, -0.2) is 13.3 Å². The van der Waals surface area contributed by atoms with Crippen molar-refractivity contribution in [3.8, 4) is 0 Å². The lowest BCUT2D eigenvalue weighted by molar-refractivity contribution is 1.44. The Balaban J connectivity index is 2.82. The Morgan fingerprint density at radius 1 is 1.25 bits per heavy atom. The molecule has 0 aliphatic rings. The van der Waals surface area contributed by atoms with Gasteiger partial charge in [-0.2, -0.15) is 0 Å². The van der Waals surface area contributed by atoms with E-state index in [4.69, 9.17) is 0 Å². The largest absolute Gasteiger partial charge is 0.297 e. The summed E-state index contributed by atoms with van der Waals surface area (Å²) in [6.45, 7) is 2.10. The third-order valence-corrected chi connectivity index (χ3v) is 1.70. The lowest BCUT2D eigenvalue weighted by Gasteiger charge is -1.96. The predicted molar refractivity (Wildman–Crippen MR) is 54.6 cm³/mol. The van der Waals surface area contributed by atoms with E-state index >= 15 is 0 Å². The predicted octanol–water partition coefficient (Wildman–Crippen LogP) is 2.71. The van der Waals surface area contributed by atoms with Gasteiger partial charge in [-0.3, -0.25) is 4.99 Å². The molecule has 0 amide bonds.